The molecule has 0 heterocycles. The lowest BCUT2D eigenvalue weighted by molar-refractivity contribution is -0.156. The van der Waals surface area contributed by atoms with Gasteiger partial charge in [-0.15, -0.1) is 0 Å². The van der Waals surface area contributed by atoms with Crippen LogP contribution in [0.3, 0.4) is 0 Å². The van der Waals surface area contributed by atoms with Gasteiger partial charge in [-0.1, -0.05) is 43.3 Å². The van der Waals surface area contributed by atoms with Crippen LogP contribution in [0, 0.1) is 17.3 Å². The van der Waals surface area contributed by atoms with Crippen molar-refractivity contribution in [3.8, 4) is 5.75 Å². The van der Waals surface area contributed by atoms with Crippen LogP contribution in [0.2, 0.25) is 0 Å². The Morgan fingerprint density at radius 1 is 1.19 bits per heavy atom. The maximum Gasteiger partial charge on any atom is 0.309 e. The average molecular weight is 364 g/mol. The van der Waals surface area contributed by atoms with Gasteiger partial charge in [0, 0.05) is 0 Å². The highest BCUT2D eigenvalue weighted by Gasteiger charge is 2.51. The van der Waals surface area contributed by atoms with Crippen molar-refractivity contribution < 1.29 is 14.6 Å². The molecule has 0 saturated heterocycles. The van der Waals surface area contributed by atoms with Crippen LogP contribution in [0.4, 0.5) is 0 Å². The number of rotatable bonds is 4. The second-order valence-corrected chi connectivity index (χ2v) is 8.54. The predicted octanol–water partition coefficient (Wildman–Crippen LogP) is 5.43. The Balaban J connectivity index is 1.62. The summed E-state index contributed by atoms with van der Waals surface area (Å²) in [5.41, 5.74) is 3.22. The van der Waals surface area contributed by atoms with Crippen LogP contribution < -0.4 is 4.74 Å². The van der Waals surface area contributed by atoms with E-state index in [1.54, 1.807) is 0 Å². The topological polar surface area (TPSA) is 46.5 Å². The van der Waals surface area contributed by atoms with Crippen LogP contribution >= 0.6 is 0 Å². The van der Waals surface area contributed by atoms with Crippen LogP contribution in [0.5, 0.6) is 5.75 Å². The van der Waals surface area contributed by atoms with Gasteiger partial charge in [0.2, 0.25) is 0 Å². The molecule has 2 aromatic rings. The summed E-state index contributed by atoms with van der Waals surface area (Å²) < 4.78 is 6.06. The van der Waals surface area contributed by atoms with Crippen LogP contribution in [-0.2, 0) is 17.8 Å². The zero-order valence-corrected chi connectivity index (χ0v) is 16.2. The summed E-state index contributed by atoms with van der Waals surface area (Å²) in [6.45, 7) is 4.79. The molecule has 1 saturated carbocycles. The maximum absolute atomic E-state index is 12.1. The first-order valence-corrected chi connectivity index (χ1v) is 10.0. The van der Waals surface area contributed by atoms with Crippen molar-refractivity contribution in [3.63, 3.8) is 0 Å². The summed E-state index contributed by atoms with van der Waals surface area (Å²) in [6, 6.07) is 16.6. The number of carboxylic acids is 1. The zero-order valence-electron chi connectivity index (χ0n) is 16.2. The molecule has 3 heteroatoms. The first-order chi connectivity index (χ1) is 13.0. The van der Waals surface area contributed by atoms with E-state index in [4.69, 9.17) is 4.74 Å². The fourth-order valence-corrected chi connectivity index (χ4v) is 5.22. The molecule has 27 heavy (non-hydrogen) atoms. The number of fused-ring (bicyclic) bond motifs is 3. The van der Waals surface area contributed by atoms with E-state index in [9.17, 15) is 9.90 Å². The van der Waals surface area contributed by atoms with E-state index in [2.05, 4.69) is 37.3 Å². The molecule has 3 nitrogen and oxygen atoms in total. The standard InChI is InChI=1S/C24H28O3/c1-16-12-13-24(2,23(25)26)21-11-9-18-8-10-19(14-20(18)22(16)21)27-15-17-6-4-3-5-7-17/h3-8,10,14,16,21-22H,9,11-13,15H2,1-2H3,(H,25,26)/t16-,21+,22+,24-/m0/s1. The Morgan fingerprint density at radius 2 is 1.96 bits per heavy atom. The smallest absolute Gasteiger partial charge is 0.309 e. The first kappa shape index (κ1) is 18.1. The number of hydrogen-bond acceptors (Lipinski definition) is 2. The quantitative estimate of drug-likeness (QED) is 0.786. The average Bonchev–Trinajstić information content (AvgIpc) is 2.69. The second-order valence-electron chi connectivity index (χ2n) is 8.54. The largest absolute Gasteiger partial charge is 0.489 e. The van der Waals surface area contributed by atoms with Gasteiger partial charge in [0.25, 0.3) is 0 Å². The van der Waals surface area contributed by atoms with Crippen LogP contribution in [-0.4, -0.2) is 11.1 Å². The van der Waals surface area contributed by atoms with Crippen LogP contribution in [0.25, 0.3) is 0 Å². The molecule has 2 aliphatic rings. The lowest BCUT2D eigenvalue weighted by Gasteiger charge is -2.49. The Labute approximate surface area is 161 Å². The zero-order chi connectivity index (χ0) is 19.0. The highest BCUT2D eigenvalue weighted by molar-refractivity contribution is 5.75. The third-order valence-electron chi connectivity index (χ3n) is 6.92. The van der Waals surface area contributed by atoms with E-state index < -0.39 is 11.4 Å². The summed E-state index contributed by atoms with van der Waals surface area (Å²) in [6.07, 6.45) is 3.68. The number of carboxylic acid groups (broad SMARTS) is 1. The molecule has 1 N–H and O–H groups in total. The van der Waals surface area contributed by atoms with Gasteiger partial charge in [0.05, 0.1) is 5.41 Å². The van der Waals surface area contributed by atoms with Gasteiger partial charge in [-0.05, 0) is 79.2 Å². The maximum atomic E-state index is 12.1. The van der Waals surface area contributed by atoms with Gasteiger partial charge >= 0.3 is 5.97 Å². The molecule has 2 aromatic carbocycles. The van der Waals surface area contributed by atoms with E-state index in [-0.39, 0.29) is 5.92 Å². The van der Waals surface area contributed by atoms with Gasteiger partial charge < -0.3 is 9.84 Å². The summed E-state index contributed by atoms with van der Waals surface area (Å²) in [7, 11) is 0. The number of ether oxygens (including phenoxy) is 1. The molecular weight excluding hydrogens is 336 g/mol. The summed E-state index contributed by atoms with van der Waals surface area (Å²) >= 11 is 0. The molecule has 1 fully saturated rings. The molecule has 4 rings (SSSR count). The van der Waals surface area contributed by atoms with Gasteiger partial charge in [-0.2, -0.15) is 0 Å². The van der Waals surface area contributed by atoms with Crippen molar-refractivity contribution in [3.05, 3.63) is 65.2 Å². The summed E-state index contributed by atoms with van der Waals surface area (Å²) in [4.78, 5) is 12.1. The Morgan fingerprint density at radius 3 is 2.70 bits per heavy atom. The molecule has 2 aliphatic carbocycles. The minimum Gasteiger partial charge on any atom is -0.489 e. The first-order valence-electron chi connectivity index (χ1n) is 10.0. The lowest BCUT2D eigenvalue weighted by Crippen LogP contribution is -2.46. The van der Waals surface area contributed by atoms with E-state index in [0.29, 0.717) is 18.4 Å². The fourth-order valence-electron chi connectivity index (χ4n) is 5.22. The van der Waals surface area contributed by atoms with E-state index in [0.717, 1.165) is 37.0 Å². The predicted molar refractivity (Wildman–Crippen MR) is 106 cm³/mol. The van der Waals surface area contributed by atoms with Gasteiger partial charge in [-0.3, -0.25) is 4.79 Å². The molecule has 4 atom stereocenters. The molecule has 0 aromatic heterocycles. The Bertz CT molecular complexity index is 829. The Hall–Kier alpha value is -2.29. The van der Waals surface area contributed by atoms with Gasteiger partial charge in [0.15, 0.2) is 0 Å². The monoisotopic (exact) mass is 364 g/mol. The van der Waals surface area contributed by atoms with Crippen LogP contribution in [0.1, 0.15) is 55.7 Å². The molecular formula is C24H28O3. The van der Waals surface area contributed by atoms with Crippen molar-refractivity contribution in [2.45, 2.75) is 52.1 Å². The number of carbonyl (C=O) groups is 1. The number of aliphatic carboxylic acids is 1. The number of hydrogen-bond donors (Lipinski definition) is 1. The molecule has 142 valence electrons. The molecule has 0 spiro atoms. The van der Waals surface area contributed by atoms with Crippen molar-refractivity contribution in [1.29, 1.82) is 0 Å². The van der Waals surface area contributed by atoms with Crippen molar-refractivity contribution in [1.82, 2.24) is 0 Å². The SMILES string of the molecule is C[C@H]1CC[C@](C)(C(=O)O)[C@@H]2CCc3ccc(OCc4ccccc4)cc3[C@H]21. The number of aryl methyl sites for hydroxylation is 1. The number of benzene rings is 2. The Kier molecular flexibility index (Phi) is 4.71. The lowest BCUT2D eigenvalue weighted by atomic mass is 9.54. The van der Waals surface area contributed by atoms with Crippen molar-refractivity contribution in [2.24, 2.45) is 17.3 Å². The van der Waals surface area contributed by atoms with E-state index >= 15 is 0 Å². The van der Waals surface area contributed by atoms with Gasteiger partial charge in [-0.25, -0.2) is 0 Å². The molecule has 0 unspecified atom stereocenters. The van der Waals surface area contributed by atoms with Crippen molar-refractivity contribution in [2.75, 3.05) is 0 Å². The van der Waals surface area contributed by atoms with E-state index in [1.807, 2.05) is 25.1 Å². The fraction of sp³-hybridized carbons (Fsp3) is 0.458. The highest BCUT2D eigenvalue weighted by atomic mass is 16.5. The summed E-state index contributed by atoms with van der Waals surface area (Å²) in [5.74, 6) is 1.27. The summed E-state index contributed by atoms with van der Waals surface area (Å²) in [5, 5.41) is 9.91. The molecule has 0 radical (unpaired) electrons. The van der Waals surface area contributed by atoms with E-state index in [1.165, 1.54) is 11.1 Å². The second kappa shape index (κ2) is 7.03. The van der Waals surface area contributed by atoms with Crippen LogP contribution in [0.15, 0.2) is 48.5 Å². The minimum atomic E-state index is -0.635. The normalized spacial score (nSPS) is 29.5. The van der Waals surface area contributed by atoms with Crippen molar-refractivity contribution >= 4 is 5.97 Å². The third kappa shape index (κ3) is 3.24. The molecule has 0 bridgehead atoms. The highest BCUT2D eigenvalue weighted by Crippen LogP contribution is 2.56. The minimum absolute atomic E-state index is 0.204. The molecule has 0 aliphatic heterocycles. The molecule has 0 amide bonds. The third-order valence-corrected chi connectivity index (χ3v) is 6.92. The van der Waals surface area contributed by atoms with Gasteiger partial charge in [0.1, 0.15) is 12.4 Å².